The number of aliphatic hydroxyl groups excluding tert-OH is 1. The van der Waals surface area contributed by atoms with Gasteiger partial charge in [0, 0.05) is 13.0 Å². The molecule has 0 amide bonds. The van der Waals surface area contributed by atoms with E-state index < -0.39 is 0 Å². The number of carbonyl (C=O) groups is 1. The van der Waals surface area contributed by atoms with Crippen LogP contribution in [0.4, 0.5) is 0 Å². The summed E-state index contributed by atoms with van der Waals surface area (Å²) in [6, 6.07) is 0. The molecule has 1 heterocycles. The molecule has 1 N–H and O–H groups in total. The highest BCUT2D eigenvalue weighted by Gasteiger charge is 2.04. The molecule has 0 saturated carbocycles. The smallest absolute Gasteiger partial charge is 0.305 e. The Morgan fingerprint density at radius 1 is 1.23 bits per heavy atom. The Hall–Kier alpha value is -0.570. The van der Waals surface area contributed by atoms with Crippen LogP contribution in [0.5, 0.6) is 0 Å². The van der Waals surface area contributed by atoms with Gasteiger partial charge in [-0.05, 0) is 19.8 Å². The van der Waals surface area contributed by atoms with Crippen molar-refractivity contribution in [1.29, 1.82) is 0 Å². The average Bonchev–Trinajstić information content (AvgIpc) is 2.20. The fraction of sp³-hybridized carbons (Fsp3) is 0.900. The molecule has 1 rings (SSSR count). The van der Waals surface area contributed by atoms with E-state index in [0.717, 1.165) is 12.8 Å². The van der Waals surface area contributed by atoms with E-state index in [9.17, 15) is 4.79 Å². The largest absolute Gasteiger partial charge is 0.466 e. The van der Waals surface area contributed by atoms with E-state index in [4.69, 9.17) is 9.84 Å². The quantitative estimate of drug-likeness (QED) is 0.590. The van der Waals surface area contributed by atoms with Crippen molar-refractivity contribution in [1.82, 2.24) is 0 Å². The van der Waals surface area contributed by atoms with Crippen LogP contribution in [-0.4, -0.2) is 24.3 Å². The topological polar surface area (TPSA) is 46.5 Å². The predicted octanol–water partition coefficient (Wildman–Crippen LogP) is 1.88. The molecule has 0 unspecified atom stereocenters. The molecule has 0 radical (unpaired) electrons. The number of cyclic esters (lactones) is 1. The van der Waals surface area contributed by atoms with E-state index in [2.05, 4.69) is 0 Å². The van der Waals surface area contributed by atoms with Crippen LogP contribution in [0.3, 0.4) is 0 Å². The first-order valence-electron chi connectivity index (χ1n) is 5.07. The van der Waals surface area contributed by atoms with E-state index in [1.54, 1.807) is 6.92 Å². The predicted molar refractivity (Wildman–Crippen MR) is 51.4 cm³/mol. The first kappa shape index (κ1) is 12.4. The second-order valence-corrected chi connectivity index (χ2v) is 3.05. The van der Waals surface area contributed by atoms with Crippen LogP contribution in [-0.2, 0) is 9.53 Å². The summed E-state index contributed by atoms with van der Waals surface area (Å²) in [6.07, 6.45) is 6.35. The van der Waals surface area contributed by atoms with Gasteiger partial charge in [-0.1, -0.05) is 19.3 Å². The third-order valence-corrected chi connectivity index (χ3v) is 1.79. The highest BCUT2D eigenvalue weighted by Crippen LogP contribution is 2.09. The van der Waals surface area contributed by atoms with Crippen molar-refractivity contribution in [3.8, 4) is 0 Å². The second kappa shape index (κ2) is 9.52. The maximum atomic E-state index is 10.8. The third-order valence-electron chi connectivity index (χ3n) is 1.79. The molecule has 0 aliphatic carbocycles. The van der Waals surface area contributed by atoms with Gasteiger partial charge >= 0.3 is 5.97 Å². The highest BCUT2D eigenvalue weighted by molar-refractivity contribution is 5.69. The summed E-state index contributed by atoms with van der Waals surface area (Å²) in [7, 11) is 0. The van der Waals surface area contributed by atoms with Gasteiger partial charge in [-0.15, -0.1) is 0 Å². The fourth-order valence-corrected chi connectivity index (χ4v) is 1.16. The van der Waals surface area contributed by atoms with Gasteiger partial charge in [0.15, 0.2) is 0 Å². The monoisotopic (exact) mass is 188 g/mol. The van der Waals surface area contributed by atoms with Gasteiger partial charge in [-0.25, -0.2) is 0 Å². The third kappa shape index (κ3) is 9.34. The number of rotatable bonds is 0. The van der Waals surface area contributed by atoms with Crippen LogP contribution in [0.1, 0.15) is 45.4 Å². The van der Waals surface area contributed by atoms with Crippen LogP contribution in [0.15, 0.2) is 0 Å². The number of ether oxygens (including phenoxy) is 1. The van der Waals surface area contributed by atoms with Crippen LogP contribution in [0, 0.1) is 0 Å². The van der Waals surface area contributed by atoms with Gasteiger partial charge in [0.2, 0.25) is 0 Å². The Balaban J connectivity index is 0.000000424. The van der Waals surface area contributed by atoms with E-state index in [1.165, 1.54) is 19.3 Å². The minimum atomic E-state index is -0.0121. The van der Waals surface area contributed by atoms with Crippen LogP contribution >= 0.6 is 0 Å². The Bertz CT molecular complexity index is 111. The van der Waals surface area contributed by atoms with E-state index >= 15 is 0 Å². The minimum Gasteiger partial charge on any atom is -0.466 e. The summed E-state index contributed by atoms with van der Waals surface area (Å²) in [6.45, 7) is 2.57. The number of esters is 1. The van der Waals surface area contributed by atoms with Crippen molar-refractivity contribution >= 4 is 5.97 Å². The summed E-state index contributed by atoms with van der Waals surface area (Å²) in [4.78, 5) is 10.8. The molecule has 13 heavy (non-hydrogen) atoms. The van der Waals surface area contributed by atoms with Gasteiger partial charge in [0.25, 0.3) is 0 Å². The molecular weight excluding hydrogens is 168 g/mol. The Morgan fingerprint density at radius 3 is 2.46 bits per heavy atom. The summed E-state index contributed by atoms with van der Waals surface area (Å²) in [5.41, 5.74) is 0. The molecule has 3 heteroatoms. The van der Waals surface area contributed by atoms with Crippen LogP contribution < -0.4 is 0 Å². The zero-order valence-corrected chi connectivity index (χ0v) is 8.42. The number of hydrogen-bond acceptors (Lipinski definition) is 3. The van der Waals surface area contributed by atoms with Gasteiger partial charge in [0.05, 0.1) is 6.61 Å². The van der Waals surface area contributed by atoms with E-state index in [-0.39, 0.29) is 12.6 Å². The summed E-state index contributed by atoms with van der Waals surface area (Å²) < 4.78 is 4.92. The molecule has 1 saturated heterocycles. The first-order valence-corrected chi connectivity index (χ1v) is 5.07. The lowest BCUT2D eigenvalue weighted by molar-refractivity contribution is -0.143. The van der Waals surface area contributed by atoms with Crippen molar-refractivity contribution < 1.29 is 14.6 Å². The summed E-state index contributed by atoms with van der Waals surface area (Å²) in [5, 5.41) is 7.57. The molecule has 78 valence electrons. The molecule has 0 bridgehead atoms. The second-order valence-electron chi connectivity index (χ2n) is 3.05. The molecule has 3 nitrogen and oxygen atoms in total. The molecule has 0 aromatic rings. The standard InChI is InChI=1S/C8H14O2.C2H6O/c9-8-6-4-2-1-3-5-7-10-8;1-2-3/h1-7H2;3H,2H2,1H3. The SMILES string of the molecule is CCO.O=C1CCCCCCCO1. The number of hydrogen-bond donors (Lipinski definition) is 1. The lowest BCUT2D eigenvalue weighted by Gasteiger charge is -1.99. The first-order chi connectivity index (χ1) is 6.31. The minimum absolute atomic E-state index is 0.0121. The Kier molecular flexibility index (Phi) is 9.10. The Labute approximate surface area is 80.1 Å². The Morgan fingerprint density at radius 2 is 1.77 bits per heavy atom. The van der Waals surface area contributed by atoms with Gasteiger partial charge in [-0.2, -0.15) is 0 Å². The molecule has 1 fully saturated rings. The fourth-order valence-electron chi connectivity index (χ4n) is 1.16. The molecule has 0 atom stereocenters. The molecule has 1 aliphatic rings. The van der Waals surface area contributed by atoms with Crippen molar-refractivity contribution in [2.24, 2.45) is 0 Å². The van der Waals surface area contributed by atoms with Gasteiger partial charge < -0.3 is 9.84 Å². The average molecular weight is 188 g/mol. The van der Waals surface area contributed by atoms with Gasteiger partial charge in [-0.3, -0.25) is 4.79 Å². The maximum Gasteiger partial charge on any atom is 0.305 e. The van der Waals surface area contributed by atoms with Crippen molar-refractivity contribution in [2.75, 3.05) is 13.2 Å². The van der Waals surface area contributed by atoms with Gasteiger partial charge in [0.1, 0.15) is 0 Å². The highest BCUT2D eigenvalue weighted by atomic mass is 16.5. The molecule has 0 aromatic carbocycles. The summed E-state index contributed by atoms with van der Waals surface area (Å²) >= 11 is 0. The van der Waals surface area contributed by atoms with Crippen molar-refractivity contribution in [2.45, 2.75) is 45.4 Å². The maximum absolute atomic E-state index is 10.8. The zero-order chi connectivity index (χ0) is 9.94. The van der Waals surface area contributed by atoms with Crippen LogP contribution in [0.2, 0.25) is 0 Å². The zero-order valence-electron chi connectivity index (χ0n) is 8.42. The van der Waals surface area contributed by atoms with E-state index in [0.29, 0.717) is 13.0 Å². The molecular formula is C10H20O3. The number of carbonyl (C=O) groups excluding carboxylic acids is 1. The van der Waals surface area contributed by atoms with Crippen molar-refractivity contribution in [3.63, 3.8) is 0 Å². The van der Waals surface area contributed by atoms with Crippen molar-refractivity contribution in [3.05, 3.63) is 0 Å². The van der Waals surface area contributed by atoms with Crippen LogP contribution in [0.25, 0.3) is 0 Å². The number of aliphatic hydroxyl groups is 1. The lowest BCUT2D eigenvalue weighted by atomic mass is 10.1. The molecule has 0 aromatic heterocycles. The summed E-state index contributed by atoms with van der Waals surface area (Å²) in [5.74, 6) is -0.0121. The van der Waals surface area contributed by atoms with E-state index in [1.807, 2.05) is 0 Å². The normalized spacial score (nSPS) is 18.5. The lowest BCUT2D eigenvalue weighted by Crippen LogP contribution is -2.03. The molecule has 0 spiro atoms. The molecule has 1 aliphatic heterocycles.